The van der Waals surface area contributed by atoms with Crippen LogP contribution in [0, 0.1) is 5.92 Å². The lowest BCUT2D eigenvalue weighted by atomic mass is 9.95. The summed E-state index contributed by atoms with van der Waals surface area (Å²) in [4.78, 5) is 14.1. The molecule has 0 aromatic heterocycles. The van der Waals surface area contributed by atoms with Crippen molar-refractivity contribution >= 4 is 5.91 Å². The molecule has 0 spiro atoms. The fourth-order valence-corrected chi connectivity index (χ4v) is 2.82. The molecule has 1 fully saturated rings. The lowest BCUT2D eigenvalue weighted by Gasteiger charge is -2.36. The van der Waals surface area contributed by atoms with E-state index in [1.165, 1.54) is 12.8 Å². The maximum atomic E-state index is 11.7. The molecule has 1 aromatic carbocycles. The van der Waals surface area contributed by atoms with E-state index < -0.39 is 0 Å². The number of carbonyl (C=O) groups excluding carboxylic acids is 1. The minimum absolute atomic E-state index is 0.328. The van der Waals surface area contributed by atoms with Gasteiger partial charge in [0.15, 0.2) is 0 Å². The van der Waals surface area contributed by atoms with E-state index in [9.17, 15) is 4.79 Å². The van der Waals surface area contributed by atoms with E-state index in [1.54, 1.807) is 18.2 Å². The highest BCUT2D eigenvalue weighted by Crippen LogP contribution is 2.21. The molecule has 2 unspecified atom stereocenters. The van der Waals surface area contributed by atoms with Crippen LogP contribution in [0.1, 0.15) is 37.0 Å². The maximum absolute atomic E-state index is 11.7. The molecule has 5 heteroatoms. The largest absolute Gasteiger partial charge is 0.491 e. The molecule has 5 nitrogen and oxygen atoms in total. The first-order chi connectivity index (χ1) is 10.1. The summed E-state index contributed by atoms with van der Waals surface area (Å²) in [7, 11) is 0. The van der Waals surface area contributed by atoms with Crippen LogP contribution in [0.2, 0.25) is 0 Å². The number of nitrogen functional groups attached to an aromatic ring is 1. The van der Waals surface area contributed by atoms with E-state index >= 15 is 0 Å². The molecular weight excluding hydrogens is 266 g/mol. The van der Waals surface area contributed by atoms with Crippen LogP contribution in [0.15, 0.2) is 24.3 Å². The van der Waals surface area contributed by atoms with Gasteiger partial charge < -0.3 is 4.74 Å². The van der Waals surface area contributed by atoms with Crippen LogP contribution in [-0.4, -0.2) is 36.5 Å². The monoisotopic (exact) mass is 291 g/mol. The first-order valence-corrected chi connectivity index (χ1v) is 7.58. The SMILES string of the molecule is CC1CCC(C)N(CCOc2ccccc2C(=O)NN)C1. The Morgan fingerprint density at radius 3 is 2.90 bits per heavy atom. The second-order valence-electron chi connectivity index (χ2n) is 5.84. The minimum Gasteiger partial charge on any atom is -0.491 e. The van der Waals surface area contributed by atoms with Gasteiger partial charge in [-0.15, -0.1) is 0 Å². The van der Waals surface area contributed by atoms with Gasteiger partial charge in [0, 0.05) is 19.1 Å². The van der Waals surface area contributed by atoms with Crippen LogP contribution >= 0.6 is 0 Å². The Balaban J connectivity index is 1.90. The van der Waals surface area contributed by atoms with Crippen LogP contribution in [-0.2, 0) is 0 Å². The smallest absolute Gasteiger partial charge is 0.268 e. The molecule has 1 aromatic rings. The number of piperidine rings is 1. The van der Waals surface area contributed by atoms with Gasteiger partial charge in [-0.25, -0.2) is 5.84 Å². The normalized spacial score (nSPS) is 22.8. The molecule has 2 atom stereocenters. The minimum atomic E-state index is -0.328. The third-order valence-corrected chi connectivity index (χ3v) is 4.15. The van der Waals surface area contributed by atoms with E-state index in [1.807, 2.05) is 6.07 Å². The Kier molecular flexibility index (Phi) is 5.59. The number of nitrogens with zero attached hydrogens (tertiary/aromatic N) is 1. The number of nitrogens with one attached hydrogen (secondary N) is 1. The molecule has 2 rings (SSSR count). The fraction of sp³-hybridized carbons (Fsp3) is 0.562. The number of amides is 1. The van der Waals surface area contributed by atoms with Gasteiger partial charge in [-0.05, 0) is 37.8 Å². The van der Waals surface area contributed by atoms with Crippen LogP contribution in [0.25, 0.3) is 0 Å². The van der Waals surface area contributed by atoms with Crippen molar-refractivity contribution in [3.8, 4) is 5.75 Å². The molecule has 1 aliphatic rings. The van der Waals surface area contributed by atoms with Crippen LogP contribution in [0.5, 0.6) is 5.75 Å². The van der Waals surface area contributed by atoms with Crippen molar-refractivity contribution in [2.75, 3.05) is 19.7 Å². The van der Waals surface area contributed by atoms with E-state index in [-0.39, 0.29) is 5.91 Å². The zero-order valence-electron chi connectivity index (χ0n) is 12.8. The number of likely N-dealkylation sites (tertiary alicyclic amines) is 1. The highest BCUT2D eigenvalue weighted by molar-refractivity contribution is 5.96. The molecule has 1 heterocycles. The zero-order chi connectivity index (χ0) is 15.2. The summed E-state index contributed by atoms with van der Waals surface area (Å²) in [5, 5.41) is 0. The summed E-state index contributed by atoms with van der Waals surface area (Å²) < 4.78 is 5.79. The average molecular weight is 291 g/mol. The quantitative estimate of drug-likeness (QED) is 0.493. The van der Waals surface area contributed by atoms with Crippen LogP contribution in [0.3, 0.4) is 0 Å². The van der Waals surface area contributed by atoms with Crippen molar-refractivity contribution in [2.24, 2.45) is 11.8 Å². The van der Waals surface area contributed by atoms with E-state index in [0.717, 1.165) is 19.0 Å². The first-order valence-electron chi connectivity index (χ1n) is 7.58. The molecule has 1 aliphatic heterocycles. The number of hydrazine groups is 1. The fourth-order valence-electron chi connectivity index (χ4n) is 2.82. The van der Waals surface area contributed by atoms with Crippen molar-refractivity contribution in [3.63, 3.8) is 0 Å². The molecule has 1 amide bonds. The standard InChI is InChI=1S/C16H25N3O2/c1-12-7-8-13(2)19(11-12)9-10-21-15-6-4-3-5-14(15)16(20)18-17/h3-6,12-13H,7-11,17H2,1-2H3,(H,18,20). The van der Waals surface area contributed by atoms with Gasteiger partial charge in [0.1, 0.15) is 12.4 Å². The highest BCUT2D eigenvalue weighted by Gasteiger charge is 2.22. The van der Waals surface area contributed by atoms with Crippen molar-refractivity contribution in [1.82, 2.24) is 10.3 Å². The number of rotatable bonds is 5. The summed E-state index contributed by atoms with van der Waals surface area (Å²) in [6.45, 7) is 7.13. The van der Waals surface area contributed by atoms with Gasteiger partial charge in [-0.2, -0.15) is 0 Å². The molecule has 0 aliphatic carbocycles. The number of hydrogen-bond acceptors (Lipinski definition) is 4. The van der Waals surface area contributed by atoms with Crippen LogP contribution in [0.4, 0.5) is 0 Å². The van der Waals surface area contributed by atoms with Crippen molar-refractivity contribution < 1.29 is 9.53 Å². The predicted molar refractivity (Wildman–Crippen MR) is 83.0 cm³/mol. The summed E-state index contributed by atoms with van der Waals surface area (Å²) in [5.41, 5.74) is 2.62. The Bertz CT molecular complexity index is 478. The molecular formula is C16H25N3O2. The third kappa shape index (κ3) is 4.19. The number of benzene rings is 1. The lowest BCUT2D eigenvalue weighted by molar-refractivity contribution is 0.0938. The Labute approximate surface area is 126 Å². The van der Waals surface area contributed by atoms with Gasteiger partial charge in [-0.3, -0.25) is 15.1 Å². The molecule has 116 valence electrons. The molecule has 3 N–H and O–H groups in total. The lowest BCUT2D eigenvalue weighted by Crippen LogP contribution is -2.43. The summed E-state index contributed by atoms with van der Waals surface area (Å²) >= 11 is 0. The van der Waals surface area contributed by atoms with E-state index in [0.29, 0.717) is 24.0 Å². The number of nitrogens with two attached hydrogens (primary N) is 1. The second-order valence-corrected chi connectivity index (χ2v) is 5.84. The maximum Gasteiger partial charge on any atom is 0.268 e. The predicted octanol–water partition coefficient (Wildman–Crippen LogP) is 1.79. The summed E-state index contributed by atoms with van der Waals surface area (Å²) in [5.74, 6) is 6.19. The Hall–Kier alpha value is -1.59. The van der Waals surface area contributed by atoms with E-state index in [4.69, 9.17) is 10.6 Å². The van der Waals surface area contributed by atoms with Gasteiger partial charge in [0.25, 0.3) is 5.91 Å². The molecule has 21 heavy (non-hydrogen) atoms. The summed E-state index contributed by atoms with van der Waals surface area (Å²) in [6.07, 6.45) is 2.55. The number of para-hydroxylation sites is 1. The van der Waals surface area contributed by atoms with Gasteiger partial charge >= 0.3 is 0 Å². The molecule has 0 bridgehead atoms. The molecule has 0 radical (unpaired) electrons. The summed E-state index contributed by atoms with van der Waals surface area (Å²) in [6, 6.07) is 7.77. The topological polar surface area (TPSA) is 67.6 Å². The van der Waals surface area contributed by atoms with Crippen LogP contribution < -0.4 is 16.0 Å². The molecule has 0 saturated carbocycles. The molecule has 1 saturated heterocycles. The first kappa shape index (κ1) is 15.8. The number of ether oxygens (including phenoxy) is 1. The average Bonchev–Trinajstić information content (AvgIpc) is 2.50. The number of hydrogen-bond donors (Lipinski definition) is 2. The third-order valence-electron chi connectivity index (χ3n) is 4.15. The zero-order valence-corrected chi connectivity index (χ0v) is 12.8. The Morgan fingerprint density at radius 1 is 1.38 bits per heavy atom. The highest BCUT2D eigenvalue weighted by atomic mass is 16.5. The van der Waals surface area contributed by atoms with Gasteiger partial charge in [0.05, 0.1) is 5.56 Å². The van der Waals surface area contributed by atoms with Crippen molar-refractivity contribution in [3.05, 3.63) is 29.8 Å². The van der Waals surface area contributed by atoms with Crippen molar-refractivity contribution in [2.45, 2.75) is 32.7 Å². The van der Waals surface area contributed by atoms with E-state index in [2.05, 4.69) is 24.2 Å². The number of carbonyl (C=O) groups is 1. The van der Waals surface area contributed by atoms with Gasteiger partial charge in [-0.1, -0.05) is 19.1 Å². The van der Waals surface area contributed by atoms with Gasteiger partial charge in [0.2, 0.25) is 0 Å². The van der Waals surface area contributed by atoms with Crippen molar-refractivity contribution in [1.29, 1.82) is 0 Å². The second kappa shape index (κ2) is 7.43. The Morgan fingerprint density at radius 2 is 2.14 bits per heavy atom.